The van der Waals surface area contributed by atoms with Crippen molar-refractivity contribution in [3.63, 3.8) is 0 Å². The lowest BCUT2D eigenvalue weighted by Crippen LogP contribution is -2.17. The molecule has 2 heterocycles. The summed E-state index contributed by atoms with van der Waals surface area (Å²) < 4.78 is 1.16. The lowest BCUT2D eigenvalue weighted by Gasteiger charge is -2.06. The van der Waals surface area contributed by atoms with Crippen LogP contribution in [0.4, 0.5) is 10.8 Å². The Morgan fingerprint density at radius 2 is 1.76 bits per heavy atom. The summed E-state index contributed by atoms with van der Waals surface area (Å²) in [5.41, 5.74) is 3.90. The summed E-state index contributed by atoms with van der Waals surface area (Å²) in [6.07, 6.45) is 1.83. The van der Waals surface area contributed by atoms with Crippen molar-refractivity contribution in [1.82, 2.24) is 9.97 Å². The largest absolute Gasteiger partial charge is 0.326 e. The van der Waals surface area contributed by atoms with Crippen LogP contribution in [0.2, 0.25) is 0 Å². The van der Waals surface area contributed by atoms with Gasteiger partial charge in [0.15, 0.2) is 5.13 Å². The first-order chi connectivity index (χ1) is 14.1. The van der Waals surface area contributed by atoms with E-state index in [-0.39, 0.29) is 24.7 Å². The van der Waals surface area contributed by atoms with Gasteiger partial charge in [-0.3, -0.25) is 9.59 Å². The van der Waals surface area contributed by atoms with E-state index < -0.39 is 0 Å². The Morgan fingerprint density at radius 3 is 2.48 bits per heavy atom. The van der Waals surface area contributed by atoms with Gasteiger partial charge < -0.3 is 10.6 Å². The second-order valence-corrected chi connectivity index (χ2v) is 8.43. The van der Waals surface area contributed by atoms with Gasteiger partial charge in [0.25, 0.3) is 0 Å². The van der Waals surface area contributed by atoms with Crippen LogP contribution in [0.3, 0.4) is 0 Å². The zero-order valence-corrected chi connectivity index (χ0v) is 17.3. The lowest BCUT2D eigenvalue weighted by atomic mass is 10.2. The maximum absolute atomic E-state index is 12.1. The van der Waals surface area contributed by atoms with E-state index in [0.29, 0.717) is 10.8 Å². The van der Waals surface area contributed by atoms with E-state index in [2.05, 4.69) is 39.7 Å². The summed E-state index contributed by atoms with van der Waals surface area (Å²) >= 11 is 2.99. The van der Waals surface area contributed by atoms with Crippen molar-refractivity contribution in [1.29, 1.82) is 0 Å². The smallest absolute Gasteiger partial charge is 0.226 e. The summed E-state index contributed by atoms with van der Waals surface area (Å²) in [7, 11) is 0. The van der Waals surface area contributed by atoms with Crippen LogP contribution in [0.5, 0.6) is 0 Å². The van der Waals surface area contributed by atoms with Crippen LogP contribution in [0.25, 0.3) is 20.8 Å². The summed E-state index contributed by atoms with van der Waals surface area (Å²) in [5, 5.41) is 8.75. The number of anilines is 2. The summed E-state index contributed by atoms with van der Waals surface area (Å²) in [4.78, 5) is 32.6. The molecule has 2 amide bonds. The highest BCUT2D eigenvalue weighted by Crippen LogP contribution is 2.31. The maximum atomic E-state index is 12.1. The number of fused-ring (bicyclic) bond motifs is 1. The topological polar surface area (TPSA) is 84.0 Å². The predicted molar refractivity (Wildman–Crippen MR) is 118 cm³/mol. The van der Waals surface area contributed by atoms with E-state index in [0.717, 1.165) is 20.8 Å². The van der Waals surface area contributed by atoms with E-state index in [4.69, 9.17) is 0 Å². The molecule has 6 nitrogen and oxygen atoms in total. The molecular weight excluding hydrogens is 404 g/mol. The SMILES string of the molecule is Cc1ccc2nc(-c3ccc(NC(=O)CCC(=O)Nc4nccs4)cc3)sc2c1. The van der Waals surface area contributed by atoms with Crippen LogP contribution in [0, 0.1) is 6.92 Å². The molecule has 4 aromatic rings. The van der Waals surface area contributed by atoms with E-state index in [9.17, 15) is 9.59 Å². The Morgan fingerprint density at radius 1 is 1.00 bits per heavy atom. The number of hydrogen-bond acceptors (Lipinski definition) is 6. The van der Waals surface area contributed by atoms with Crippen molar-refractivity contribution in [2.45, 2.75) is 19.8 Å². The van der Waals surface area contributed by atoms with Gasteiger partial charge in [0.1, 0.15) is 5.01 Å². The van der Waals surface area contributed by atoms with Crippen molar-refractivity contribution in [2.24, 2.45) is 0 Å². The second-order valence-electron chi connectivity index (χ2n) is 6.50. The van der Waals surface area contributed by atoms with Gasteiger partial charge in [0.05, 0.1) is 10.2 Å². The number of carbonyl (C=O) groups is 2. The molecule has 0 aliphatic rings. The minimum absolute atomic E-state index is 0.106. The van der Waals surface area contributed by atoms with E-state index in [1.54, 1.807) is 22.9 Å². The van der Waals surface area contributed by atoms with Gasteiger partial charge in [0.2, 0.25) is 11.8 Å². The third-order valence-corrected chi connectivity index (χ3v) is 5.97. The van der Waals surface area contributed by atoms with Gasteiger partial charge in [-0.1, -0.05) is 6.07 Å². The minimum Gasteiger partial charge on any atom is -0.326 e. The van der Waals surface area contributed by atoms with E-state index >= 15 is 0 Å². The molecule has 0 saturated heterocycles. The van der Waals surface area contributed by atoms with E-state index in [1.165, 1.54) is 16.9 Å². The number of thiazole rings is 2. The molecule has 2 aromatic carbocycles. The monoisotopic (exact) mass is 422 g/mol. The van der Waals surface area contributed by atoms with Crippen molar-refractivity contribution in [2.75, 3.05) is 10.6 Å². The Bertz CT molecular complexity index is 1150. The molecule has 8 heteroatoms. The number of nitrogens with zero attached hydrogens (tertiary/aromatic N) is 2. The van der Waals surface area contributed by atoms with Crippen LogP contribution in [-0.4, -0.2) is 21.8 Å². The first kappa shape index (κ1) is 19.2. The molecule has 2 N–H and O–H groups in total. The molecule has 0 radical (unpaired) electrons. The first-order valence-corrected chi connectivity index (χ1v) is 10.7. The third kappa shape index (κ3) is 4.85. The zero-order chi connectivity index (χ0) is 20.2. The second kappa shape index (κ2) is 8.50. The van der Waals surface area contributed by atoms with Gasteiger partial charge in [0, 0.05) is 35.7 Å². The molecule has 29 heavy (non-hydrogen) atoms. The van der Waals surface area contributed by atoms with Gasteiger partial charge in [-0.25, -0.2) is 9.97 Å². The van der Waals surface area contributed by atoms with E-state index in [1.807, 2.05) is 30.3 Å². The Kier molecular flexibility index (Phi) is 5.64. The lowest BCUT2D eigenvalue weighted by molar-refractivity contribution is -0.121. The number of nitrogens with one attached hydrogen (secondary N) is 2. The van der Waals surface area contributed by atoms with Crippen LogP contribution < -0.4 is 10.6 Å². The number of amides is 2. The number of aryl methyl sites for hydroxylation is 1. The maximum Gasteiger partial charge on any atom is 0.226 e. The summed E-state index contributed by atoms with van der Waals surface area (Å²) in [6, 6.07) is 13.8. The normalized spacial score (nSPS) is 10.8. The molecule has 0 aliphatic heterocycles. The number of rotatable bonds is 6. The van der Waals surface area contributed by atoms with Crippen molar-refractivity contribution in [3.05, 3.63) is 59.6 Å². The van der Waals surface area contributed by atoms with Crippen molar-refractivity contribution < 1.29 is 9.59 Å². The predicted octanol–water partition coefficient (Wildman–Crippen LogP) is 5.09. The van der Waals surface area contributed by atoms with Gasteiger partial charge >= 0.3 is 0 Å². The Labute approximate surface area is 175 Å². The van der Waals surface area contributed by atoms with Crippen LogP contribution in [0.1, 0.15) is 18.4 Å². The quantitative estimate of drug-likeness (QED) is 0.453. The molecule has 0 aliphatic carbocycles. The number of carbonyl (C=O) groups excluding carboxylic acids is 2. The number of benzene rings is 2. The molecule has 0 atom stereocenters. The molecular formula is C21H18N4O2S2. The number of hydrogen-bond donors (Lipinski definition) is 2. The fourth-order valence-electron chi connectivity index (χ4n) is 2.77. The summed E-state index contributed by atoms with van der Waals surface area (Å²) in [5.74, 6) is -0.431. The molecule has 0 saturated carbocycles. The molecule has 0 fully saturated rings. The first-order valence-electron chi connectivity index (χ1n) is 9.04. The van der Waals surface area contributed by atoms with Gasteiger partial charge in [-0.05, 0) is 48.9 Å². The Balaban J connectivity index is 1.33. The van der Waals surface area contributed by atoms with Crippen LogP contribution in [0.15, 0.2) is 54.0 Å². The molecule has 0 spiro atoms. The molecule has 0 bridgehead atoms. The van der Waals surface area contributed by atoms with Crippen molar-refractivity contribution >= 4 is 55.5 Å². The highest BCUT2D eigenvalue weighted by molar-refractivity contribution is 7.21. The molecule has 2 aromatic heterocycles. The molecule has 4 rings (SSSR count). The Hall–Kier alpha value is -3.10. The third-order valence-electron chi connectivity index (χ3n) is 4.22. The van der Waals surface area contributed by atoms with Crippen LogP contribution in [-0.2, 0) is 9.59 Å². The molecule has 146 valence electrons. The van der Waals surface area contributed by atoms with Gasteiger partial charge in [-0.15, -0.1) is 22.7 Å². The average molecular weight is 423 g/mol. The highest BCUT2D eigenvalue weighted by Gasteiger charge is 2.10. The fourth-order valence-corrected chi connectivity index (χ4v) is 4.38. The van der Waals surface area contributed by atoms with Crippen molar-refractivity contribution in [3.8, 4) is 10.6 Å². The number of aromatic nitrogens is 2. The highest BCUT2D eigenvalue weighted by atomic mass is 32.1. The molecule has 0 unspecified atom stereocenters. The standard InChI is InChI=1S/C21H18N4O2S2/c1-13-2-7-16-17(12-13)29-20(24-16)14-3-5-15(6-4-14)23-18(26)8-9-19(27)25-21-22-10-11-28-21/h2-7,10-12H,8-9H2,1H3,(H,23,26)(H,22,25,27). The van der Waals surface area contributed by atoms with Gasteiger partial charge in [-0.2, -0.15) is 0 Å². The average Bonchev–Trinajstić information content (AvgIpc) is 3.36. The van der Waals surface area contributed by atoms with Crippen LogP contribution >= 0.6 is 22.7 Å². The minimum atomic E-state index is -0.225. The fraction of sp³-hybridized carbons (Fsp3) is 0.143. The summed E-state index contributed by atoms with van der Waals surface area (Å²) in [6.45, 7) is 2.07. The zero-order valence-electron chi connectivity index (χ0n) is 15.6.